The van der Waals surface area contributed by atoms with Gasteiger partial charge in [0.2, 0.25) is 5.91 Å². The number of carbonyl (C=O) groups is 2. The molecule has 2 aromatic rings. The summed E-state index contributed by atoms with van der Waals surface area (Å²) in [6.07, 6.45) is -3.36. The van der Waals surface area contributed by atoms with Crippen LogP contribution in [0.2, 0.25) is 0 Å². The summed E-state index contributed by atoms with van der Waals surface area (Å²) in [6, 6.07) is 4.28. The van der Waals surface area contributed by atoms with Gasteiger partial charge >= 0.3 is 12.3 Å². The summed E-state index contributed by atoms with van der Waals surface area (Å²) in [4.78, 5) is 26.1. The van der Waals surface area contributed by atoms with E-state index in [0.717, 1.165) is 0 Å². The number of nitrogens with one attached hydrogen (secondary N) is 1. The molecule has 0 unspecified atom stereocenters. The highest BCUT2D eigenvalue weighted by Gasteiger charge is 2.38. The van der Waals surface area contributed by atoms with E-state index in [1.807, 2.05) is 0 Å². The summed E-state index contributed by atoms with van der Waals surface area (Å²) in [5.74, 6) is -1.16. The minimum atomic E-state index is -4.58. The van der Waals surface area contributed by atoms with Gasteiger partial charge < -0.3 is 19.5 Å². The summed E-state index contributed by atoms with van der Waals surface area (Å²) < 4.78 is 64.1. The first-order valence-corrected chi connectivity index (χ1v) is 10.1. The van der Waals surface area contributed by atoms with E-state index >= 15 is 0 Å². The maximum Gasteiger partial charge on any atom is 0.421 e. The van der Waals surface area contributed by atoms with Crippen molar-refractivity contribution in [2.24, 2.45) is 0 Å². The molecule has 1 atom stereocenters. The SMILES string of the molecule is CC(=O)NC[C@H]1CN(c2ccc(N3CC=C(c4oncc4C(F)(F)F)CC3)c(F)c2)C(=O)O1. The molecular formula is C21H20F4N4O4. The van der Waals surface area contributed by atoms with Crippen LogP contribution in [0.15, 0.2) is 35.0 Å². The predicted molar refractivity (Wildman–Crippen MR) is 109 cm³/mol. The molecule has 1 fully saturated rings. The van der Waals surface area contributed by atoms with Crippen LogP contribution >= 0.6 is 0 Å². The van der Waals surface area contributed by atoms with Crippen LogP contribution in [0.1, 0.15) is 24.7 Å². The third-order valence-electron chi connectivity index (χ3n) is 5.41. The van der Waals surface area contributed by atoms with Crippen LogP contribution in [0.3, 0.4) is 0 Å². The van der Waals surface area contributed by atoms with Gasteiger partial charge in [-0.25, -0.2) is 9.18 Å². The lowest BCUT2D eigenvalue weighted by Gasteiger charge is -2.29. The third-order valence-corrected chi connectivity index (χ3v) is 5.41. The fraction of sp³-hybridized carbons (Fsp3) is 0.381. The van der Waals surface area contributed by atoms with Crippen molar-refractivity contribution in [3.8, 4) is 0 Å². The van der Waals surface area contributed by atoms with Crippen molar-refractivity contribution in [2.45, 2.75) is 25.6 Å². The minimum Gasteiger partial charge on any atom is -0.442 e. The number of nitrogens with zero attached hydrogens (tertiary/aromatic N) is 3. The Balaban J connectivity index is 1.45. The lowest BCUT2D eigenvalue weighted by Crippen LogP contribution is -2.33. The van der Waals surface area contributed by atoms with Gasteiger partial charge in [0.25, 0.3) is 0 Å². The zero-order valence-electron chi connectivity index (χ0n) is 17.5. The van der Waals surface area contributed by atoms with Gasteiger partial charge in [0.1, 0.15) is 17.5 Å². The Morgan fingerprint density at radius 3 is 2.76 bits per heavy atom. The highest BCUT2D eigenvalue weighted by atomic mass is 19.4. The average molecular weight is 468 g/mol. The second-order valence-corrected chi connectivity index (χ2v) is 7.68. The molecule has 2 amide bonds. The van der Waals surface area contributed by atoms with E-state index in [0.29, 0.717) is 17.5 Å². The molecule has 3 heterocycles. The molecule has 1 aromatic carbocycles. The Kier molecular flexibility index (Phi) is 6.00. The van der Waals surface area contributed by atoms with Crippen molar-refractivity contribution in [3.05, 3.63) is 47.6 Å². The third kappa shape index (κ3) is 4.78. The first-order chi connectivity index (χ1) is 15.6. The van der Waals surface area contributed by atoms with Gasteiger partial charge in [-0.3, -0.25) is 9.69 Å². The van der Waals surface area contributed by atoms with Gasteiger partial charge in [-0.2, -0.15) is 13.2 Å². The van der Waals surface area contributed by atoms with Crippen molar-refractivity contribution < 1.29 is 36.4 Å². The molecule has 0 bridgehead atoms. The van der Waals surface area contributed by atoms with Crippen LogP contribution in [0.5, 0.6) is 0 Å². The quantitative estimate of drug-likeness (QED) is 0.675. The first kappa shape index (κ1) is 22.6. The molecule has 1 N–H and O–H groups in total. The van der Waals surface area contributed by atoms with Gasteiger partial charge in [0, 0.05) is 20.0 Å². The van der Waals surface area contributed by atoms with Crippen molar-refractivity contribution in [1.29, 1.82) is 0 Å². The predicted octanol–water partition coefficient (Wildman–Crippen LogP) is 3.59. The maximum absolute atomic E-state index is 14.9. The molecule has 8 nitrogen and oxygen atoms in total. The number of amides is 2. The monoisotopic (exact) mass is 468 g/mol. The Hall–Kier alpha value is -3.57. The number of hydrogen-bond donors (Lipinski definition) is 1. The van der Waals surface area contributed by atoms with E-state index in [1.165, 1.54) is 24.0 Å². The number of carbonyl (C=O) groups excluding carboxylic acids is 2. The van der Waals surface area contributed by atoms with Crippen molar-refractivity contribution in [3.63, 3.8) is 0 Å². The van der Waals surface area contributed by atoms with E-state index in [4.69, 9.17) is 9.26 Å². The highest BCUT2D eigenvalue weighted by molar-refractivity contribution is 5.90. The number of alkyl halides is 3. The van der Waals surface area contributed by atoms with Crippen LogP contribution in [-0.2, 0) is 15.7 Å². The second kappa shape index (κ2) is 8.75. The van der Waals surface area contributed by atoms with E-state index in [2.05, 4.69) is 10.5 Å². The van der Waals surface area contributed by atoms with Crippen LogP contribution < -0.4 is 15.1 Å². The molecule has 2 aliphatic heterocycles. The van der Waals surface area contributed by atoms with Crippen LogP contribution in [0.4, 0.5) is 33.7 Å². The van der Waals surface area contributed by atoms with E-state index < -0.39 is 29.8 Å². The van der Waals surface area contributed by atoms with E-state index in [-0.39, 0.29) is 50.0 Å². The Bertz CT molecular complexity index is 1100. The summed E-state index contributed by atoms with van der Waals surface area (Å²) in [7, 11) is 0. The zero-order chi connectivity index (χ0) is 23.8. The Labute approximate surface area is 185 Å². The van der Waals surface area contributed by atoms with Gasteiger partial charge in [0.05, 0.1) is 30.7 Å². The van der Waals surface area contributed by atoms with Crippen molar-refractivity contribution in [2.75, 3.05) is 36.0 Å². The van der Waals surface area contributed by atoms with Crippen molar-refractivity contribution in [1.82, 2.24) is 10.5 Å². The molecule has 12 heteroatoms. The summed E-state index contributed by atoms with van der Waals surface area (Å²) >= 11 is 0. The normalized spacial score (nSPS) is 18.9. The molecule has 0 spiro atoms. The lowest BCUT2D eigenvalue weighted by atomic mass is 10.0. The minimum absolute atomic E-state index is 0.155. The molecule has 0 aliphatic carbocycles. The second-order valence-electron chi connectivity index (χ2n) is 7.68. The standard InChI is InChI=1S/C21H20F4N4O4/c1-12(30)26-9-15-11-29(20(31)32-15)14-2-3-18(17(22)8-14)28-6-4-13(5-7-28)19-16(10-27-33-19)21(23,24)25/h2-4,8,10,15H,5-7,9,11H2,1H3,(H,26,30)/t15-/m0/s1. The highest BCUT2D eigenvalue weighted by Crippen LogP contribution is 2.37. The number of anilines is 2. The number of rotatable bonds is 5. The largest absolute Gasteiger partial charge is 0.442 e. The number of hydrogen-bond acceptors (Lipinski definition) is 6. The summed E-state index contributed by atoms with van der Waals surface area (Å²) in [6.45, 7) is 2.11. The number of cyclic esters (lactones) is 1. The fourth-order valence-electron chi connectivity index (χ4n) is 3.78. The summed E-state index contributed by atoms with van der Waals surface area (Å²) in [5.41, 5.74) is -0.0218. The number of benzene rings is 1. The number of ether oxygens (including phenoxy) is 1. The van der Waals surface area contributed by atoms with E-state index in [9.17, 15) is 27.2 Å². The molecule has 1 saturated heterocycles. The van der Waals surface area contributed by atoms with E-state index in [1.54, 1.807) is 17.0 Å². The smallest absolute Gasteiger partial charge is 0.421 e. The lowest BCUT2D eigenvalue weighted by molar-refractivity contribution is -0.138. The summed E-state index contributed by atoms with van der Waals surface area (Å²) in [5, 5.41) is 5.83. The average Bonchev–Trinajstić information content (AvgIpc) is 3.39. The Morgan fingerprint density at radius 2 is 2.12 bits per heavy atom. The first-order valence-electron chi connectivity index (χ1n) is 10.1. The molecule has 176 valence electrons. The zero-order valence-corrected chi connectivity index (χ0v) is 17.5. The fourth-order valence-corrected chi connectivity index (χ4v) is 3.78. The van der Waals surface area contributed by atoms with Crippen molar-refractivity contribution >= 4 is 28.9 Å². The molecule has 33 heavy (non-hydrogen) atoms. The van der Waals surface area contributed by atoms with Gasteiger partial charge in [-0.1, -0.05) is 11.2 Å². The molecule has 0 saturated carbocycles. The molecule has 1 aromatic heterocycles. The molecular weight excluding hydrogens is 448 g/mol. The molecule has 2 aliphatic rings. The van der Waals surface area contributed by atoms with Gasteiger partial charge in [-0.05, 0) is 30.2 Å². The topological polar surface area (TPSA) is 87.9 Å². The number of halogens is 4. The van der Waals surface area contributed by atoms with Gasteiger partial charge in [-0.15, -0.1) is 0 Å². The number of aromatic nitrogens is 1. The van der Waals surface area contributed by atoms with Gasteiger partial charge in [0.15, 0.2) is 5.76 Å². The van der Waals surface area contributed by atoms with Crippen LogP contribution in [0.25, 0.3) is 5.57 Å². The maximum atomic E-state index is 14.9. The Morgan fingerprint density at radius 1 is 1.33 bits per heavy atom. The molecule has 0 radical (unpaired) electrons. The van der Waals surface area contributed by atoms with Crippen LogP contribution in [-0.4, -0.2) is 49.4 Å². The molecule has 4 rings (SSSR count). The van der Waals surface area contributed by atoms with Crippen LogP contribution in [0, 0.1) is 5.82 Å².